The Kier molecular flexibility index (Phi) is 2.73. The summed E-state index contributed by atoms with van der Waals surface area (Å²) in [5.74, 6) is 0. The second-order valence-corrected chi connectivity index (χ2v) is 3.35. The second-order valence-electron chi connectivity index (χ2n) is 2.96. The third kappa shape index (κ3) is 1.87. The van der Waals surface area contributed by atoms with Crippen LogP contribution in [0.15, 0.2) is 36.9 Å². The van der Waals surface area contributed by atoms with Gasteiger partial charge in [0, 0.05) is 6.54 Å². The highest BCUT2D eigenvalue weighted by Gasteiger charge is 2.06. The minimum absolute atomic E-state index is 0.531. The number of benzene rings is 1. The maximum absolute atomic E-state index is 5.17. The van der Waals surface area contributed by atoms with E-state index in [1.54, 1.807) is 10.8 Å². The van der Waals surface area contributed by atoms with Gasteiger partial charge in [-0.15, -0.1) is 11.7 Å². The van der Waals surface area contributed by atoms with Crippen LogP contribution in [0.25, 0.3) is 11.0 Å². The highest BCUT2D eigenvalue weighted by Crippen LogP contribution is 2.08. The van der Waals surface area contributed by atoms with E-state index >= 15 is 0 Å². The predicted octanol–water partition coefficient (Wildman–Crippen LogP) is 1.34. The molecule has 1 heterocycles. The van der Waals surface area contributed by atoms with Crippen molar-refractivity contribution in [1.29, 1.82) is 0 Å². The van der Waals surface area contributed by atoms with Gasteiger partial charge in [-0.05, 0) is 24.4 Å². The number of rotatable bonds is 2. The predicted molar refractivity (Wildman–Crippen MR) is 63.7 cm³/mol. The first-order chi connectivity index (χ1) is 7.33. The van der Waals surface area contributed by atoms with E-state index in [1.165, 1.54) is 0 Å². The molecule has 1 N–H and O–H groups in total. The van der Waals surface area contributed by atoms with Crippen molar-refractivity contribution >= 4 is 28.4 Å². The average molecular weight is 218 g/mol. The molecular formula is C10H10N4S. The first-order valence-corrected chi connectivity index (χ1v) is 4.93. The van der Waals surface area contributed by atoms with Gasteiger partial charge in [-0.25, -0.2) is 0 Å². The van der Waals surface area contributed by atoms with Crippen LogP contribution in [-0.4, -0.2) is 26.7 Å². The molecule has 0 atom stereocenters. The molecule has 0 aliphatic carbocycles. The van der Waals surface area contributed by atoms with Crippen LogP contribution in [0.2, 0.25) is 0 Å². The molecule has 4 nitrogen and oxygen atoms in total. The van der Waals surface area contributed by atoms with Crippen LogP contribution >= 0.6 is 12.2 Å². The zero-order chi connectivity index (χ0) is 10.7. The van der Waals surface area contributed by atoms with Gasteiger partial charge >= 0.3 is 0 Å². The van der Waals surface area contributed by atoms with Crippen molar-refractivity contribution in [3.05, 3.63) is 36.9 Å². The number of nitrogens with zero attached hydrogens (tertiary/aromatic N) is 3. The Morgan fingerprint density at radius 2 is 2.33 bits per heavy atom. The molecule has 2 aromatic rings. The minimum Gasteiger partial charge on any atom is -0.357 e. The van der Waals surface area contributed by atoms with Crippen molar-refractivity contribution in [2.75, 3.05) is 6.54 Å². The number of thiocarbonyl (C=S) groups is 1. The van der Waals surface area contributed by atoms with Crippen LogP contribution in [0.4, 0.5) is 0 Å². The fraction of sp³-hybridized carbons (Fsp3) is 0.100. The lowest BCUT2D eigenvalue weighted by atomic mass is 10.3. The molecule has 0 bridgehead atoms. The largest absolute Gasteiger partial charge is 0.357 e. The Morgan fingerprint density at radius 1 is 1.53 bits per heavy atom. The summed E-state index contributed by atoms with van der Waals surface area (Å²) in [6.45, 7) is 4.23. The number of hydrogen-bond donors (Lipinski definition) is 1. The first-order valence-electron chi connectivity index (χ1n) is 4.52. The van der Waals surface area contributed by atoms with E-state index in [0.29, 0.717) is 11.7 Å². The second kappa shape index (κ2) is 4.18. The normalized spacial score (nSPS) is 10.1. The molecule has 0 spiro atoms. The molecule has 15 heavy (non-hydrogen) atoms. The SMILES string of the molecule is C=CCNC(=S)n1nnc2ccccc21. The summed E-state index contributed by atoms with van der Waals surface area (Å²) in [6, 6.07) is 7.67. The quantitative estimate of drug-likeness (QED) is 0.610. The molecule has 0 aliphatic rings. The summed E-state index contributed by atoms with van der Waals surface area (Å²) in [7, 11) is 0. The molecule has 0 saturated carbocycles. The van der Waals surface area contributed by atoms with Crippen LogP contribution < -0.4 is 5.32 Å². The van der Waals surface area contributed by atoms with E-state index in [4.69, 9.17) is 12.2 Å². The zero-order valence-electron chi connectivity index (χ0n) is 8.05. The van der Waals surface area contributed by atoms with Gasteiger partial charge in [-0.2, -0.15) is 4.68 Å². The number of hydrogen-bond acceptors (Lipinski definition) is 3. The van der Waals surface area contributed by atoms with Crippen molar-refractivity contribution in [3.8, 4) is 0 Å². The Labute approximate surface area is 92.6 Å². The van der Waals surface area contributed by atoms with E-state index in [-0.39, 0.29) is 0 Å². The monoisotopic (exact) mass is 218 g/mol. The van der Waals surface area contributed by atoms with Crippen LogP contribution in [-0.2, 0) is 0 Å². The van der Waals surface area contributed by atoms with Gasteiger partial charge in [0.1, 0.15) is 5.52 Å². The minimum atomic E-state index is 0.531. The van der Waals surface area contributed by atoms with E-state index < -0.39 is 0 Å². The Hall–Kier alpha value is -1.75. The summed E-state index contributed by atoms with van der Waals surface area (Å²) < 4.78 is 1.61. The molecule has 0 saturated heterocycles. The molecule has 76 valence electrons. The van der Waals surface area contributed by atoms with E-state index in [2.05, 4.69) is 22.2 Å². The zero-order valence-corrected chi connectivity index (χ0v) is 8.87. The smallest absolute Gasteiger partial charge is 0.196 e. The highest BCUT2D eigenvalue weighted by atomic mass is 32.1. The number of para-hydroxylation sites is 1. The van der Waals surface area contributed by atoms with Gasteiger partial charge in [0.15, 0.2) is 5.11 Å². The fourth-order valence-corrected chi connectivity index (χ4v) is 1.47. The molecule has 0 aliphatic heterocycles. The van der Waals surface area contributed by atoms with Gasteiger partial charge in [0.05, 0.1) is 5.52 Å². The summed E-state index contributed by atoms with van der Waals surface area (Å²) in [6.07, 6.45) is 1.74. The summed E-state index contributed by atoms with van der Waals surface area (Å²) in [4.78, 5) is 0. The van der Waals surface area contributed by atoms with Crippen LogP contribution in [0.1, 0.15) is 0 Å². The Morgan fingerprint density at radius 3 is 3.13 bits per heavy atom. The van der Waals surface area contributed by atoms with Gasteiger partial charge < -0.3 is 5.32 Å². The van der Waals surface area contributed by atoms with E-state index in [9.17, 15) is 0 Å². The van der Waals surface area contributed by atoms with Crippen molar-refractivity contribution in [1.82, 2.24) is 20.3 Å². The van der Waals surface area contributed by atoms with Gasteiger partial charge in [0.2, 0.25) is 0 Å². The highest BCUT2D eigenvalue weighted by molar-refractivity contribution is 7.80. The lowest BCUT2D eigenvalue weighted by Gasteiger charge is -2.04. The Balaban J connectivity index is 2.35. The van der Waals surface area contributed by atoms with Crippen molar-refractivity contribution in [3.63, 3.8) is 0 Å². The van der Waals surface area contributed by atoms with Crippen LogP contribution in [0, 0.1) is 0 Å². The standard InChI is InChI=1S/C10H10N4S/c1-2-7-11-10(15)14-9-6-4-3-5-8(9)12-13-14/h2-6H,1,7H2,(H,11,15). The number of aromatic nitrogens is 3. The molecule has 1 aromatic carbocycles. The molecule has 0 unspecified atom stereocenters. The topological polar surface area (TPSA) is 42.7 Å². The number of nitrogens with one attached hydrogen (secondary N) is 1. The van der Waals surface area contributed by atoms with Gasteiger partial charge in [-0.3, -0.25) is 0 Å². The third-order valence-electron chi connectivity index (χ3n) is 1.94. The van der Waals surface area contributed by atoms with Crippen molar-refractivity contribution in [2.45, 2.75) is 0 Å². The molecule has 5 heteroatoms. The third-order valence-corrected chi connectivity index (χ3v) is 2.26. The van der Waals surface area contributed by atoms with Crippen LogP contribution in [0.5, 0.6) is 0 Å². The molecule has 2 rings (SSSR count). The summed E-state index contributed by atoms with van der Waals surface area (Å²) in [5.41, 5.74) is 1.74. The average Bonchev–Trinajstić information content (AvgIpc) is 2.69. The Bertz CT molecular complexity index is 503. The molecular weight excluding hydrogens is 208 g/mol. The van der Waals surface area contributed by atoms with E-state index in [1.807, 2.05) is 24.3 Å². The maximum atomic E-state index is 5.17. The molecule has 0 amide bonds. The van der Waals surface area contributed by atoms with Crippen molar-refractivity contribution < 1.29 is 0 Å². The molecule has 1 aromatic heterocycles. The van der Waals surface area contributed by atoms with Crippen molar-refractivity contribution in [2.24, 2.45) is 0 Å². The van der Waals surface area contributed by atoms with E-state index in [0.717, 1.165) is 11.0 Å². The lowest BCUT2D eigenvalue weighted by Crippen LogP contribution is -2.29. The van der Waals surface area contributed by atoms with Gasteiger partial charge in [-0.1, -0.05) is 23.4 Å². The maximum Gasteiger partial charge on any atom is 0.196 e. The summed E-state index contributed by atoms with van der Waals surface area (Å²) >= 11 is 5.17. The van der Waals surface area contributed by atoms with Gasteiger partial charge in [0.25, 0.3) is 0 Å². The fourth-order valence-electron chi connectivity index (χ4n) is 1.25. The summed E-state index contributed by atoms with van der Waals surface area (Å²) in [5, 5.41) is 11.5. The number of fused-ring (bicyclic) bond motifs is 1. The molecule has 0 radical (unpaired) electrons. The molecule has 0 fully saturated rings. The van der Waals surface area contributed by atoms with Crippen LogP contribution in [0.3, 0.4) is 0 Å². The lowest BCUT2D eigenvalue weighted by molar-refractivity contribution is 0.834. The first kappa shape index (κ1) is 9.79.